The van der Waals surface area contributed by atoms with E-state index in [2.05, 4.69) is 25.9 Å². The number of aromatic nitrogens is 2. The van der Waals surface area contributed by atoms with Gasteiger partial charge in [0.1, 0.15) is 11.6 Å². The standard InChI is InChI=1S/C15H11BrN2O2/c1-9-17-14(19)8-15(18-9)20-13-5-3-10-6-12(16)4-2-11(10)7-13/h2-8H,1H3,(H,17,18,19). The van der Waals surface area contributed by atoms with E-state index in [9.17, 15) is 4.79 Å². The van der Waals surface area contributed by atoms with Crippen LogP contribution >= 0.6 is 15.9 Å². The van der Waals surface area contributed by atoms with Crippen LogP contribution in [0, 0.1) is 6.92 Å². The zero-order chi connectivity index (χ0) is 14.1. The zero-order valence-electron chi connectivity index (χ0n) is 10.7. The number of halogens is 1. The van der Waals surface area contributed by atoms with Crippen molar-refractivity contribution in [1.29, 1.82) is 0 Å². The molecule has 0 aliphatic carbocycles. The molecular formula is C15H11BrN2O2. The van der Waals surface area contributed by atoms with E-state index in [4.69, 9.17) is 4.74 Å². The highest BCUT2D eigenvalue weighted by Gasteiger charge is 2.03. The van der Waals surface area contributed by atoms with Gasteiger partial charge >= 0.3 is 0 Å². The number of hydrogen-bond donors (Lipinski definition) is 1. The molecule has 5 heteroatoms. The zero-order valence-corrected chi connectivity index (χ0v) is 12.3. The van der Waals surface area contributed by atoms with Crippen molar-refractivity contribution in [2.45, 2.75) is 6.92 Å². The molecule has 0 bridgehead atoms. The van der Waals surface area contributed by atoms with Gasteiger partial charge in [-0.1, -0.05) is 28.1 Å². The van der Waals surface area contributed by atoms with Crippen molar-refractivity contribution >= 4 is 26.7 Å². The summed E-state index contributed by atoms with van der Waals surface area (Å²) in [6.45, 7) is 1.71. The second kappa shape index (κ2) is 5.09. The van der Waals surface area contributed by atoms with Gasteiger partial charge in [-0.2, -0.15) is 0 Å². The topological polar surface area (TPSA) is 55.0 Å². The Kier molecular flexibility index (Phi) is 3.28. The molecule has 1 aromatic heterocycles. The Hall–Kier alpha value is -2.14. The van der Waals surface area contributed by atoms with E-state index in [0.29, 0.717) is 17.5 Å². The third-order valence-electron chi connectivity index (χ3n) is 2.83. The summed E-state index contributed by atoms with van der Waals surface area (Å²) >= 11 is 3.44. The number of aromatic amines is 1. The van der Waals surface area contributed by atoms with E-state index in [1.807, 2.05) is 36.4 Å². The molecule has 0 spiro atoms. The van der Waals surface area contributed by atoms with E-state index < -0.39 is 0 Å². The largest absolute Gasteiger partial charge is 0.439 e. The van der Waals surface area contributed by atoms with Crippen molar-refractivity contribution in [2.75, 3.05) is 0 Å². The van der Waals surface area contributed by atoms with E-state index in [1.54, 1.807) is 6.92 Å². The molecule has 0 saturated carbocycles. The number of nitrogens with one attached hydrogen (secondary N) is 1. The van der Waals surface area contributed by atoms with E-state index in [0.717, 1.165) is 15.2 Å². The minimum Gasteiger partial charge on any atom is -0.439 e. The van der Waals surface area contributed by atoms with Gasteiger partial charge < -0.3 is 9.72 Å². The Balaban J connectivity index is 1.98. The summed E-state index contributed by atoms with van der Waals surface area (Å²) < 4.78 is 6.67. The van der Waals surface area contributed by atoms with Gasteiger partial charge in [-0.25, -0.2) is 4.98 Å². The Morgan fingerprint density at radius 3 is 2.65 bits per heavy atom. The molecule has 0 aliphatic heterocycles. The Labute approximate surface area is 123 Å². The lowest BCUT2D eigenvalue weighted by Crippen LogP contribution is -2.08. The number of ether oxygens (including phenoxy) is 1. The fourth-order valence-corrected chi connectivity index (χ4v) is 2.36. The molecule has 0 aliphatic rings. The minimum atomic E-state index is -0.225. The van der Waals surface area contributed by atoms with Crippen LogP contribution in [0.25, 0.3) is 10.8 Å². The van der Waals surface area contributed by atoms with Crippen LogP contribution < -0.4 is 10.3 Å². The third-order valence-corrected chi connectivity index (χ3v) is 3.33. The van der Waals surface area contributed by atoms with Gasteiger partial charge in [-0.3, -0.25) is 4.79 Å². The fourth-order valence-electron chi connectivity index (χ4n) is 1.98. The highest BCUT2D eigenvalue weighted by atomic mass is 79.9. The third kappa shape index (κ3) is 2.72. The molecule has 1 N–H and O–H groups in total. The maximum atomic E-state index is 11.4. The maximum absolute atomic E-state index is 11.4. The predicted octanol–water partition coefficient (Wildman–Crippen LogP) is 3.79. The predicted molar refractivity (Wildman–Crippen MR) is 81.3 cm³/mol. The molecule has 0 radical (unpaired) electrons. The summed E-state index contributed by atoms with van der Waals surface area (Å²) in [4.78, 5) is 18.1. The SMILES string of the molecule is Cc1nc(Oc2ccc3cc(Br)ccc3c2)cc(=O)[nH]1. The number of nitrogens with zero attached hydrogens (tertiary/aromatic N) is 1. The monoisotopic (exact) mass is 330 g/mol. The molecular weight excluding hydrogens is 320 g/mol. The van der Waals surface area contributed by atoms with Crippen molar-refractivity contribution in [2.24, 2.45) is 0 Å². The molecule has 1 heterocycles. The molecule has 3 rings (SSSR count). The van der Waals surface area contributed by atoms with Gasteiger partial charge in [0, 0.05) is 4.47 Å². The van der Waals surface area contributed by atoms with E-state index in [-0.39, 0.29) is 5.56 Å². The fraction of sp³-hybridized carbons (Fsp3) is 0.0667. The van der Waals surface area contributed by atoms with Gasteiger partial charge in [0.2, 0.25) is 5.88 Å². The first-order chi connectivity index (χ1) is 9.60. The van der Waals surface area contributed by atoms with Gasteiger partial charge in [-0.05, 0) is 42.0 Å². The van der Waals surface area contributed by atoms with Crippen molar-refractivity contribution in [1.82, 2.24) is 9.97 Å². The molecule has 2 aromatic carbocycles. The number of H-pyrrole nitrogens is 1. The van der Waals surface area contributed by atoms with Crippen LogP contribution in [0.4, 0.5) is 0 Å². The van der Waals surface area contributed by atoms with Crippen LogP contribution in [-0.4, -0.2) is 9.97 Å². The second-order valence-electron chi connectivity index (χ2n) is 4.42. The van der Waals surface area contributed by atoms with Crippen LogP contribution in [0.3, 0.4) is 0 Å². The highest BCUT2D eigenvalue weighted by molar-refractivity contribution is 9.10. The average molecular weight is 331 g/mol. The van der Waals surface area contributed by atoms with Gasteiger partial charge in [-0.15, -0.1) is 0 Å². The van der Waals surface area contributed by atoms with Crippen LogP contribution in [0.5, 0.6) is 11.6 Å². The molecule has 20 heavy (non-hydrogen) atoms. The number of fused-ring (bicyclic) bond motifs is 1. The van der Waals surface area contributed by atoms with Gasteiger partial charge in [0.05, 0.1) is 6.07 Å². The number of rotatable bonds is 2. The maximum Gasteiger partial charge on any atom is 0.254 e. The summed E-state index contributed by atoms with van der Waals surface area (Å²) in [5.41, 5.74) is -0.225. The highest BCUT2D eigenvalue weighted by Crippen LogP contribution is 2.26. The van der Waals surface area contributed by atoms with E-state index in [1.165, 1.54) is 6.07 Å². The first kappa shape index (κ1) is 12.9. The van der Waals surface area contributed by atoms with Gasteiger partial charge in [0.25, 0.3) is 5.56 Å². The quantitative estimate of drug-likeness (QED) is 0.777. The normalized spacial score (nSPS) is 10.7. The molecule has 4 nitrogen and oxygen atoms in total. The van der Waals surface area contributed by atoms with Crippen molar-refractivity contribution in [3.8, 4) is 11.6 Å². The average Bonchev–Trinajstić information content (AvgIpc) is 2.38. The molecule has 0 amide bonds. The molecule has 3 aromatic rings. The lowest BCUT2D eigenvalue weighted by atomic mass is 10.1. The Bertz CT molecular complexity index is 843. The first-order valence-electron chi connectivity index (χ1n) is 6.05. The first-order valence-corrected chi connectivity index (χ1v) is 6.84. The number of hydrogen-bond acceptors (Lipinski definition) is 3. The second-order valence-corrected chi connectivity index (χ2v) is 5.34. The summed E-state index contributed by atoms with van der Waals surface area (Å²) in [6, 6.07) is 13.1. The van der Waals surface area contributed by atoms with Crippen LogP contribution in [0.1, 0.15) is 5.82 Å². The molecule has 0 fully saturated rings. The summed E-state index contributed by atoms with van der Waals surface area (Å²) in [7, 11) is 0. The van der Waals surface area contributed by atoms with Crippen LogP contribution in [0.15, 0.2) is 51.7 Å². The molecule has 100 valence electrons. The molecule has 0 atom stereocenters. The van der Waals surface area contributed by atoms with Crippen molar-refractivity contribution < 1.29 is 4.74 Å². The summed E-state index contributed by atoms with van der Waals surface area (Å²) in [6.07, 6.45) is 0. The van der Waals surface area contributed by atoms with Crippen LogP contribution in [0.2, 0.25) is 0 Å². The smallest absolute Gasteiger partial charge is 0.254 e. The Morgan fingerprint density at radius 2 is 1.85 bits per heavy atom. The minimum absolute atomic E-state index is 0.225. The van der Waals surface area contributed by atoms with Crippen molar-refractivity contribution in [3.63, 3.8) is 0 Å². The van der Waals surface area contributed by atoms with Crippen molar-refractivity contribution in [3.05, 3.63) is 63.1 Å². The summed E-state index contributed by atoms with van der Waals surface area (Å²) in [5.74, 6) is 1.47. The molecule has 0 saturated heterocycles. The van der Waals surface area contributed by atoms with Crippen LogP contribution in [-0.2, 0) is 0 Å². The van der Waals surface area contributed by atoms with Gasteiger partial charge in [0.15, 0.2) is 0 Å². The number of aryl methyl sites for hydroxylation is 1. The Morgan fingerprint density at radius 1 is 1.10 bits per heavy atom. The lowest BCUT2D eigenvalue weighted by molar-refractivity contribution is 0.459. The lowest BCUT2D eigenvalue weighted by Gasteiger charge is -2.06. The summed E-state index contributed by atoms with van der Waals surface area (Å²) in [5, 5.41) is 2.18. The molecule has 0 unspecified atom stereocenters. The number of benzene rings is 2. The van der Waals surface area contributed by atoms with E-state index >= 15 is 0 Å².